The third-order valence-electron chi connectivity index (χ3n) is 7.87. The van der Waals surface area contributed by atoms with E-state index in [-0.39, 0.29) is 0 Å². The number of aryl methyl sites for hydroxylation is 2. The molecule has 0 saturated heterocycles. The lowest BCUT2D eigenvalue weighted by Crippen LogP contribution is -1.85. The Labute approximate surface area is 215 Å². The minimum Gasteiger partial charge on any atom is -0.151 e. The maximum Gasteiger partial charge on any atom is 0.000505 e. The second-order valence-electron chi connectivity index (χ2n) is 10.9. The van der Waals surface area contributed by atoms with Crippen LogP contribution in [0.4, 0.5) is 0 Å². The molecule has 1 heterocycles. The van der Waals surface area contributed by atoms with Crippen molar-refractivity contribution >= 4 is 11.3 Å². The van der Waals surface area contributed by atoms with Gasteiger partial charge in [0.1, 0.15) is 0 Å². The summed E-state index contributed by atoms with van der Waals surface area (Å²) in [6.45, 7) is 18.2. The van der Waals surface area contributed by atoms with Gasteiger partial charge in [-0.15, -0.1) is 0 Å². The quantitative estimate of drug-likeness (QED) is 0.242. The first kappa shape index (κ1) is 23.8. The van der Waals surface area contributed by atoms with E-state index in [0.717, 1.165) is 0 Å². The highest BCUT2D eigenvalue weighted by Gasteiger charge is 2.22. The largest absolute Gasteiger partial charge is 0.151 e. The van der Waals surface area contributed by atoms with Gasteiger partial charge in [-0.2, -0.15) is 11.3 Å². The lowest BCUT2D eigenvalue weighted by molar-refractivity contribution is 0.868. The average molecular weight is 477 g/mol. The minimum atomic E-state index is 0.513. The summed E-state index contributed by atoms with van der Waals surface area (Å²) in [7, 11) is 0. The molecule has 0 aromatic carbocycles. The van der Waals surface area contributed by atoms with E-state index in [4.69, 9.17) is 0 Å². The van der Waals surface area contributed by atoms with Crippen LogP contribution in [0.15, 0.2) is 59.3 Å². The zero-order valence-electron chi connectivity index (χ0n) is 22.3. The predicted octanol–water partition coefficient (Wildman–Crippen LogP) is 10.8. The second kappa shape index (κ2) is 8.95. The number of thiophene rings is 1. The fourth-order valence-corrected chi connectivity index (χ4v) is 6.27. The molecule has 0 bridgehead atoms. The van der Waals surface area contributed by atoms with Crippen LogP contribution in [-0.2, 0) is 0 Å². The molecule has 0 atom stereocenters. The molecular weight excluding hydrogens is 440 g/mol. The molecule has 0 N–H and O–H groups in total. The third kappa shape index (κ3) is 4.00. The van der Waals surface area contributed by atoms with Crippen molar-refractivity contribution < 1.29 is 0 Å². The molecule has 0 unspecified atom stereocenters. The maximum atomic E-state index is 2.43. The van der Waals surface area contributed by atoms with Crippen molar-refractivity contribution in [2.45, 2.75) is 67.2 Å². The predicted molar refractivity (Wildman–Crippen MR) is 156 cm³/mol. The van der Waals surface area contributed by atoms with Crippen LogP contribution >= 0.6 is 11.3 Å². The molecule has 0 amide bonds. The Hall–Kier alpha value is -2.90. The van der Waals surface area contributed by atoms with Crippen molar-refractivity contribution in [1.29, 1.82) is 0 Å². The van der Waals surface area contributed by atoms with E-state index in [1.165, 1.54) is 77.9 Å². The van der Waals surface area contributed by atoms with E-state index in [0.29, 0.717) is 11.8 Å². The van der Waals surface area contributed by atoms with Gasteiger partial charge in [0, 0.05) is 11.1 Å². The Morgan fingerprint density at radius 1 is 0.457 bits per heavy atom. The summed E-state index contributed by atoms with van der Waals surface area (Å²) in [4.78, 5) is 0. The fraction of sp³-hybridized carbons (Fsp3) is 0.294. The van der Waals surface area contributed by atoms with Gasteiger partial charge in [0.05, 0.1) is 0 Å². The van der Waals surface area contributed by atoms with Crippen molar-refractivity contribution in [3.8, 4) is 44.5 Å². The highest BCUT2D eigenvalue weighted by molar-refractivity contribution is 7.08. The number of fused-ring (bicyclic) bond motifs is 2. The van der Waals surface area contributed by atoms with Gasteiger partial charge >= 0.3 is 0 Å². The van der Waals surface area contributed by atoms with E-state index >= 15 is 0 Å². The summed E-state index contributed by atoms with van der Waals surface area (Å²) in [6, 6.07) is 18.8. The maximum absolute atomic E-state index is 2.43. The van der Waals surface area contributed by atoms with Gasteiger partial charge in [-0.25, -0.2) is 0 Å². The molecule has 178 valence electrons. The first-order valence-electron chi connectivity index (χ1n) is 12.8. The third-order valence-corrected chi connectivity index (χ3v) is 8.62. The monoisotopic (exact) mass is 476 g/mol. The fourth-order valence-electron chi connectivity index (χ4n) is 5.42. The standard InChI is InChI=1S/C34H36S/c1-19(2)25-11-9-21(5)27-15-31(23(7)29(27)13-25)33-17-35-18-34(33)32-16-28-22(6)10-12-26(20(3)4)14-30(28)24(32)8/h9-20H,1-8H3. The molecule has 0 saturated carbocycles. The first-order chi connectivity index (χ1) is 16.7. The topological polar surface area (TPSA) is 0 Å². The van der Waals surface area contributed by atoms with Crippen molar-refractivity contribution in [2.24, 2.45) is 0 Å². The summed E-state index contributed by atoms with van der Waals surface area (Å²) in [5.41, 5.74) is 19.2. The zero-order chi connectivity index (χ0) is 25.0. The molecule has 1 aromatic heterocycles. The lowest BCUT2D eigenvalue weighted by Gasteiger charge is -2.07. The second-order valence-corrected chi connectivity index (χ2v) is 11.6. The minimum absolute atomic E-state index is 0.513. The lowest BCUT2D eigenvalue weighted by atomic mass is 9.96. The normalized spacial score (nSPS) is 11.9. The van der Waals surface area contributed by atoms with Crippen LogP contribution in [0.3, 0.4) is 0 Å². The Morgan fingerprint density at radius 3 is 1.20 bits per heavy atom. The van der Waals surface area contributed by atoms with Crippen LogP contribution < -0.4 is 0 Å². The molecule has 35 heavy (non-hydrogen) atoms. The van der Waals surface area contributed by atoms with Crippen LogP contribution in [0.5, 0.6) is 0 Å². The molecule has 1 heteroatoms. The van der Waals surface area contributed by atoms with Crippen LogP contribution in [0.2, 0.25) is 0 Å². The van der Waals surface area contributed by atoms with Gasteiger partial charge in [0.15, 0.2) is 0 Å². The molecule has 4 aliphatic rings. The van der Waals surface area contributed by atoms with Crippen molar-refractivity contribution in [2.75, 3.05) is 0 Å². The van der Waals surface area contributed by atoms with Gasteiger partial charge in [-0.05, 0) is 129 Å². The van der Waals surface area contributed by atoms with Gasteiger partial charge < -0.3 is 0 Å². The molecule has 0 radical (unpaired) electrons. The summed E-state index contributed by atoms with van der Waals surface area (Å²) in [6.07, 6.45) is 0. The SMILES string of the molecule is Cc1ccc(C(C)C)cc2c(C)c(-c3cscc3-c3cc4c(C)ccc(C(C)C)cc-4c3C)cc1-2. The van der Waals surface area contributed by atoms with Crippen molar-refractivity contribution in [3.05, 3.63) is 92.7 Å². The average Bonchev–Trinajstić information content (AvgIpc) is 3.42. The van der Waals surface area contributed by atoms with E-state index in [1.807, 2.05) is 11.3 Å². The van der Waals surface area contributed by atoms with Crippen LogP contribution in [0.25, 0.3) is 44.5 Å². The van der Waals surface area contributed by atoms with E-state index in [9.17, 15) is 0 Å². The van der Waals surface area contributed by atoms with E-state index in [1.54, 1.807) is 0 Å². The van der Waals surface area contributed by atoms with Crippen molar-refractivity contribution in [1.82, 2.24) is 0 Å². The molecule has 0 nitrogen and oxygen atoms in total. The first-order valence-corrected chi connectivity index (χ1v) is 13.8. The van der Waals surface area contributed by atoms with Crippen LogP contribution in [0.1, 0.15) is 72.9 Å². The molecule has 4 aliphatic carbocycles. The summed E-state index contributed by atoms with van der Waals surface area (Å²) < 4.78 is 0. The zero-order valence-corrected chi connectivity index (χ0v) is 23.2. The molecule has 5 rings (SSSR count). The molecule has 1 aromatic rings. The Bertz CT molecular complexity index is 1370. The van der Waals surface area contributed by atoms with Gasteiger partial charge in [-0.1, -0.05) is 64.1 Å². The van der Waals surface area contributed by atoms with E-state index < -0.39 is 0 Å². The number of hydrogen-bond acceptors (Lipinski definition) is 1. The van der Waals surface area contributed by atoms with Gasteiger partial charge in [-0.3, -0.25) is 0 Å². The molecule has 0 spiro atoms. The summed E-state index contributed by atoms with van der Waals surface area (Å²) in [5, 5.41) is 4.69. The van der Waals surface area contributed by atoms with E-state index in [2.05, 4.69) is 115 Å². The summed E-state index contributed by atoms with van der Waals surface area (Å²) in [5.74, 6) is 1.03. The Kier molecular flexibility index (Phi) is 6.09. The van der Waals surface area contributed by atoms with Gasteiger partial charge in [0.2, 0.25) is 0 Å². The molecule has 0 fully saturated rings. The van der Waals surface area contributed by atoms with Crippen LogP contribution in [-0.4, -0.2) is 0 Å². The number of rotatable bonds is 4. The molecular formula is C34H36S. The highest BCUT2D eigenvalue weighted by atomic mass is 32.1. The van der Waals surface area contributed by atoms with Crippen LogP contribution in [0, 0.1) is 27.7 Å². The Morgan fingerprint density at radius 2 is 0.829 bits per heavy atom. The highest BCUT2D eigenvalue weighted by Crippen LogP contribution is 2.47. The number of hydrogen-bond donors (Lipinski definition) is 0. The molecule has 0 aliphatic heterocycles. The van der Waals surface area contributed by atoms with Crippen molar-refractivity contribution in [3.63, 3.8) is 0 Å². The Balaban J connectivity index is 1.73. The summed E-state index contributed by atoms with van der Waals surface area (Å²) >= 11 is 1.81. The van der Waals surface area contributed by atoms with Gasteiger partial charge in [0.25, 0.3) is 0 Å². The smallest absolute Gasteiger partial charge is 0.000505 e.